The second-order valence-electron chi connectivity index (χ2n) is 5.07. The average Bonchev–Trinajstić information content (AvgIpc) is 3.00. The Morgan fingerprint density at radius 1 is 1.20 bits per heavy atom. The van der Waals surface area contributed by atoms with E-state index in [9.17, 15) is 0 Å². The Bertz CT molecular complexity index is 744. The van der Waals surface area contributed by atoms with E-state index >= 15 is 0 Å². The fourth-order valence-corrected chi connectivity index (χ4v) is 2.87. The number of anilines is 1. The largest absolute Gasteiger partial charge is 0.464 e. The quantitative estimate of drug-likeness (QED) is 0.832. The summed E-state index contributed by atoms with van der Waals surface area (Å²) >= 11 is 0. The monoisotopic (exact) mass is 266 g/mol. The zero-order valence-electron chi connectivity index (χ0n) is 11.0. The van der Waals surface area contributed by atoms with Crippen molar-refractivity contribution in [3.05, 3.63) is 53.5 Å². The van der Waals surface area contributed by atoms with E-state index in [1.165, 1.54) is 5.56 Å². The number of nitrogens with one attached hydrogen (secondary N) is 1. The van der Waals surface area contributed by atoms with Crippen LogP contribution in [-0.2, 0) is 0 Å². The molecule has 0 bridgehead atoms. The Kier molecular flexibility index (Phi) is 2.24. The predicted octanol–water partition coefficient (Wildman–Crippen LogP) is 2.57. The molecule has 1 aromatic carbocycles. The van der Waals surface area contributed by atoms with E-state index in [2.05, 4.69) is 21.4 Å². The van der Waals surface area contributed by atoms with Crippen LogP contribution in [0.5, 0.6) is 0 Å². The molecule has 0 unspecified atom stereocenters. The van der Waals surface area contributed by atoms with Crippen LogP contribution in [0.3, 0.4) is 0 Å². The van der Waals surface area contributed by atoms with Crippen LogP contribution in [0.4, 0.5) is 5.69 Å². The van der Waals surface area contributed by atoms with Gasteiger partial charge in [-0.3, -0.25) is 0 Å². The molecule has 20 heavy (non-hydrogen) atoms. The van der Waals surface area contributed by atoms with Gasteiger partial charge in [-0.1, -0.05) is 18.2 Å². The van der Waals surface area contributed by atoms with Crippen molar-refractivity contribution < 1.29 is 4.42 Å². The minimum atomic E-state index is -0.160. The minimum Gasteiger partial charge on any atom is -0.464 e. The minimum absolute atomic E-state index is 0.0454. The molecule has 100 valence electrons. The summed E-state index contributed by atoms with van der Waals surface area (Å²) < 4.78 is 5.75. The highest BCUT2D eigenvalue weighted by Gasteiger charge is 2.39. The summed E-state index contributed by atoms with van der Waals surface area (Å²) in [7, 11) is 0. The molecule has 0 spiro atoms. The van der Waals surface area contributed by atoms with Crippen LogP contribution in [0.2, 0.25) is 0 Å². The number of nitrogens with two attached hydrogens (primary N) is 1. The maximum atomic E-state index is 5.84. The number of rotatable bonds is 1. The van der Waals surface area contributed by atoms with Gasteiger partial charge in [0.15, 0.2) is 0 Å². The highest BCUT2D eigenvalue weighted by molar-refractivity contribution is 6.12. The summed E-state index contributed by atoms with van der Waals surface area (Å²) in [6.45, 7) is 1.93. The lowest BCUT2D eigenvalue weighted by Crippen LogP contribution is -2.28. The van der Waals surface area contributed by atoms with Gasteiger partial charge in [0.05, 0.1) is 5.92 Å². The summed E-state index contributed by atoms with van der Waals surface area (Å²) in [5, 5.41) is 3.32. The topological polar surface area (TPSA) is 75.9 Å². The van der Waals surface area contributed by atoms with Gasteiger partial charge in [0.2, 0.25) is 5.96 Å². The molecule has 0 radical (unpaired) electrons. The lowest BCUT2D eigenvalue weighted by molar-refractivity contribution is 0.437. The first-order valence-electron chi connectivity index (χ1n) is 6.56. The smallest absolute Gasteiger partial charge is 0.217 e. The van der Waals surface area contributed by atoms with Crippen LogP contribution >= 0.6 is 0 Å². The number of amidine groups is 1. The van der Waals surface area contributed by atoms with E-state index in [1.54, 1.807) is 0 Å². The summed E-state index contributed by atoms with van der Waals surface area (Å²) in [4.78, 5) is 8.81. The van der Waals surface area contributed by atoms with Gasteiger partial charge in [0.1, 0.15) is 23.4 Å². The summed E-state index contributed by atoms with van der Waals surface area (Å²) in [6, 6.07) is 11.9. The van der Waals surface area contributed by atoms with Crippen LogP contribution in [0.1, 0.15) is 29.0 Å². The Hall–Kier alpha value is -2.56. The molecule has 5 heteroatoms. The molecule has 2 aliphatic heterocycles. The molecule has 5 nitrogen and oxygen atoms in total. The first kappa shape index (κ1) is 11.3. The van der Waals surface area contributed by atoms with E-state index < -0.39 is 0 Å². The molecule has 0 fully saturated rings. The summed E-state index contributed by atoms with van der Waals surface area (Å²) in [5.74, 6) is 2.87. The molecule has 2 aliphatic rings. The lowest BCUT2D eigenvalue weighted by Gasteiger charge is -2.22. The van der Waals surface area contributed by atoms with Gasteiger partial charge in [-0.2, -0.15) is 4.99 Å². The predicted molar refractivity (Wildman–Crippen MR) is 78.0 cm³/mol. The summed E-state index contributed by atoms with van der Waals surface area (Å²) in [5.41, 5.74) is 8.09. The molecule has 4 rings (SSSR count). The molecular formula is C15H14N4O. The molecule has 3 N–H and O–H groups in total. The van der Waals surface area contributed by atoms with E-state index in [0.717, 1.165) is 23.0 Å². The van der Waals surface area contributed by atoms with Crippen molar-refractivity contribution in [1.82, 2.24) is 0 Å². The van der Waals surface area contributed by atoms with Gasteiger partial charge in [0, 0.05) is 5.69 Å². The van der Waals surface area contributed by atoms with E-state index in [0.29, 0.717) is 0 Å². The van der Waals surface area contributed by atoms with Crippen molar-refractivity contribution in [2.75, 3.05) is 5.32 Å². The molecule has 0 aliphatic carbocycles. The van der Waals surface area contributed by atoms with Crippen LogP contribution in [0.25, 0.3) is 0 Å². The van der Waals surface area contributed by atoms with E-state index in [-0.39, 0.29) is 17.9 Å². The van der Waals surface area contributed by atoms with Crippen LogP contribution < -0.4 is 11.1 Å². The Balaban J connectivity index is 1.85. The molecule has 1 aromatic heterocycles. The first-order chi connectivity index (χ1) is 9.72. The van der Waals surface area contributed by atoms with Crippen LogP contribution in [-0.4, -0.2) is 11.8 Å². The second kappa shape index (κ2) is 3.96. The van der Waals surface area contributed by atoms with Gasteiger partial charge in [0.25, 0.3) is 0 Å². The van der Waals surface area contributed by atoms with Crippen molar-refractivity contribution in [3.63, 3.8) is 0 Å². The van der Waals surface area contributed by atoms with Crippen molar-refractivity contribution >= 4 is 17.5 Å². The number of aryl methyl sites for hydroxylation is 1. The fourth-order valence-electron chi connectivity index (χ4n) is 2.87. The third-order valence-corrected chi connectivity index (χ3v) is 3.73. The SMILES string of the molecule is Cc1ccc([C@H]2N=C(N)N=C3Nc4ccccc4[C@H]32)o1. The maximum absolute atomic E-state index is 5.84. The number of fused-ring (bicyclic) bond motifs is 3. The number of furan rings is 1. The van der Waals surface area contributed by atoms with Gasteiger partial charge in [-0.25, -0.2) is 4.99 Å². The van der Waals surface area contributed by atoms with Crippen molar-refractivity contribution in [1.29, 1.82) is 0 Å². The van der Waals surface area contributed by atoms with E-state index in [1.807, 2.05) is 37.3 Å². The number of aliphatic imine (C=N–C) groups is 2. The molecule has 3 heterocycles. The third-order valence-electron chi connectivity index (χ3n) is 3.73. The number of hydrogen-bond donors (Lipinski definition) is 2. The molecular weight excluding hydrogens is 252 g/mol. The standard InChI is InChI=1S/C15H14N4O/c1-8-6-7-11(20-8)13-12-9-4-2-3-5-10(9)17-14(12)19-15(16)18-13/h2-7,12-13H,1H3,(H3,16,17,18,19)/t12-,13+/m0/s1. The molecule has 0 saturated carbocycles. The highest BCUT2D eigenvalue weighted by Crippen LogP contribution is 2.44. The average molecular weight is 266 g/mol. The van der Waals surface area contributed by atoms with Crippen LogP contribution in [0, 0.1) is 6.92 Å². The van der Waals surface area contributed by atoms with E-state index in [4.69, 9.17) is 10.2 Å². The highest BCUT2D eigenvalue weighted by atomic mass is 16.3. The van der Waals surface area contributed by atoms with Gasteiger partial charge in [-0.15, -0.1) is 0 Å². The number of guanidine groups is 1. The molecule has 2 atom stereocenters. The molecule has 2 aromatic rings. The van der Waals surface area contributed by atoms with Gasteiger partial charge < -0.3 is 15.5 Å². The normalized spacial score (nSPS) is 23.4. The van der Waals surface area contributed by atoms with Crippen LogP contribution in [0.15, 0.2) is 50.8 Å². The zero-order valence-corrected chi connectivity index (χ0v) is 11.0. The zero-order chi connectivity index (χ0) is 13.7. The number of hydrogen-bond acceptors (Lipinski definition) is 5. The fraction of sp³-hybridized carbons (Fsp3) is 0.200. The lowest BCUT2D eigenvalue weighted by atomic mass is 9.90. The van der Waals surface area contributed by atoms with Crippen molar-refractivity contribution in [2.24, 2.45) is 15.7 Å². The summed E-state index contributed by atoms with van der Waals surface area (Å²) in [6.07, 6.45) is 0. The first-order valence-corrected chi connectivity index (χ1v) is 6.56. The maximum Gasteiger partial charge on any atom is 0.217 e. The van der Waals surface area contributed by atoms with Crippen molar-refractivity contribution in [3.8, 4) is 0 Å². The number of nitrogens with zero attached hydrogens (tertiary/aromatic N) is 2. The molecule has 0 saturated heterocycles. The number of para-hydroxylation sites is 1. The number of benzene rings is 1. The second-order valence-corrected chi connectivity index (χ2v) is 5.07. The Morgan fingerprint density at radius 3 is 2.85 bits per heavy atom. The van der Waals surface area contributed by atoms with Gasteiger partial charge >= 0.3 is 0 Å². The Morgan fingerprint density at radius 2 is 2.05 bits per heavy atom. The van der Waals surface area contributed by atoms with Crippen molar-refractivity contribution in [2.45, 2.75) is 18.9 Å². The Labute approximate surface area is 116 Å². The molecule has 0 amide bonds. The third kappa shape index (κ3) is 1.56. The van der Waals surface area contributed by atoms with Gasteiger partial charge in [-0.05, 0) is 30.7 Å².